The molecule has 1 aliphatic heterocycles. The van der Waals surface area contributed by atoms with Crippen LogP contribution < -0.4 is 4.74 Å². The average Bonchev–Trinajstić information content (AvgIpc) is 2.81. The number of rotatable bonds is 6. The number of ether oxygens (including phenoxy) is 2. The molecule has 0 saturated carbocycles. The van der Waals surface area contributed by atoms with Gasteiger partial charge in [0.25, 0.3) is 0 Å². The second-order valence-electron chi connectivity index (χ2n) is 7.43. The van der Waals surface area contributed by atoms with Gasteiger partial charge >= 0.3 is 5.97 Å². The van der Waals surface area contributed by atoms with Gasteiger partial charge < -0.3 is 14.4 Å². The zero-order valence-electron chi connectivity index (χ0n) is 17.3. The Balaban J connectivity index is 2.06. The van der Waals surface area contributed by atoms with E-state index in [0.717, 1.165) is 28.3 Å². The molecule has 1 aliphatic rings. The fraction of sp³-hybridized carbons (Fsp3) is 0.391. The van der Waals surface area contributed by atoms with Crippen LogP contribution in [-0.4, -0.2) is 50.5 Å². The predicted molar refractivity (Wildman–Crippen MR) is 115 cm³/mol. The quantitative estimate of drug-likeness (QED) is 0.665. The molecular weight excluding hydrogens is 386 g/mol. The minimum atomic E-state index is -0.842. The van der Waals surface area contributed by atoms with Gasteiger partial charge in [0.15, 0.2) is 11.9 Å². The van der Waals surface area contributed by atoms with E-state index in [1.54, 1.807) is 18.9 Å². The molecule has 0 bridgehead atoms. The van der Waals surface area contributed by atoms with Gasteiger partial charge in [0.2, 0.25) is 0 Å². The first-order chi connectivity index (χ1) is 13.9. The molecule has 2 aromatic rings. The molecule has 2 aromatic carbocycles. The fourth-order valence-corrected chi connectivity index (χ4v) is 4.98. The molecular formula is C23H27NO4S. The Morgan fingerprint density at radius 1 is 1.10 bits per heavy atom. The predicted octanol–water partition coefficient (Wildman–Crippen LogP) is 4.08. The van der Waals surface area contributed by atoms with Gasteiger partial charge in [0.05, 0.1) is 12.4 Å². The summed E-state index contributed by atoms with van der Waals surface area (Å²) in [6.07, 6.45) is -0.165. The Kier molecular flexibility index (Phi) is 6.98. The molecule has 0 N–H and O–H groups in total. The monoisotopic (exact) mass is 413 g/mol. The fourth-order valence-electron chi connectivity index (χ4n) is 3.60. The number of nitrogens with zero attached hydrogens (tertiary/aromatic N) is 1. The lowest BCUT2D eigenvalue weighted by Gasteiger charge is -2.26. The van der Waals surface area contributed by atoms with Crippen LogP contribution in [0.1, 0.15) is 35.6 Å². The van der Waals surface area contributed by atoms with Gasteiger partial charge in [-0.25, -0.2) is 0 Å². The summed E-state index contributed by atoms with van der Waals surface area (Å²) in [4.78, 5) is 28.6. The molecule has 0 spiro atoms. The number of benzene rings is 2. The number of carbonyl (C=O) groups is 2. The maximum absolute atomic E-state index is 13.6. The number of fused-ring (bicyclic) bond motifs is 1. The number of ketones is 1. The molecule has 3 atom stereocenters. The van der Waals surface area contributed by atoms with Crippen LogP contribution in [0.25, 0.3) is 0 Å². The molecule has 0 saturated heterocycles. The zero-order valence-corrected chi connectivity index (χ0v) is 18.1. The van der Waals surface area contributed by atoms with E-state index < -0.39 is 12.1 Å². The molecule has 1 heterocycles. The molecule has 0 radical (unpaired) electrons. The third-order valence-corrected chi connectivity index (χ3v) is 6.45. The summed E-state index contributed by atoms with van der Waals surface area (Å²) in [5, 5.41) is -0.317. The Labute approximate surface area is 176 Å². The van der Waals surface area contributed by atoms with Crippen LogP contribution >= 0.6 is 11.8 Å². The highest BCUT2D eigenvalue weighted by Gasteiger charge is 2.41. The molecule has 0 fully saturated rings. The van der Waals surface area contributed by atoms with Crippen LogP contribution in [0, 0.1) is 0 Å². The lowest BCUT2D eigenvalue weighted by molar-refractivity contribution is -0.153. The van der Waals surface area contributed by atoms with Crippen molar-refractivity contribution in [2.45, 2.75) is 35.5 Å². The third-order valence-electron chi connectivity index (χ3n) is 5.05. The number of thioether (sulfide) groups is 1. The minimum Gasteiger partial charge on any atom is -0.497 e. The highest BCUT2D eigenvalue weighted by Crippen LogP contribution is 2.47. The summed E-state index contributed by atoms with van der Waals surface area (Å²) in [5.41, 5.74) is 1.94. The number of methoxy groups -OCH3 is 1. The Morgan fingerprint density at radius 2 is 1.79 bits per heavy atom. The van der Waals surface area contributed by atoms with Crippen LogP contribution in [0.3, 0.4) is 0 Å². The lowest BCUT2D eigenvalue weighted by Crippen LogP contribution is -2.35. The molecule has 5 nitrogen and oxygen atoms in total. The lowest BCUT2D eigenvalue weighted by atomic mass is 9.87. The minimum absolute atomic E-state index is 0.0414. The van der Waals surface area contributed by atoms with Crippen molar-refractivity contribution < 1.29 is 19.1 Å². The summed E-state index contributed by atoms with van der Waals surface area (Å²) in [6.45, 7) is 2.13. The summed E-state index contributed by atoms with van der Waals surface area (Å²) in [5.74, 6) is -0.0548. The molecule has 29 heavy (non-hydrogen) atoms. The van der Waals surface area contributed by atoms with Gasteiger partial charge in [0, 0.05) is 17.7 Å². The first-order valence-electron chi connectivity index (χ1n) is 9.66. The molecule has 154 valence electrons. The van der Waals surface area contributed by atoms with Crippen LogP contribution in [-0.2, 0) is 14.3 Å². The van der Waals surface area contributed by atoms with Gasteiger partial charge in [-0.1, -0.05) is 30.3 Å². The topological polar surface area (TPSA) is 55.8 Å². The number of Topliss-reactive ketones (excluding diaryl/α,β-unsaturated/α-hetero) is 1. The van der Waals surface area contributed by atoms with Crippen molar-refractivity contribution in [3.63, 3.8) is 0 Å². The summed E-state index contributed by atoms with van der Waals surface area (Å²) < 4.78 is 10.9. The van der Waals surface area contributed by atoms with Crippen LogP contribution in [0.5, 0.6) is 5.75 Å². The number of carbonyl (C=O) groups excluding carboxylic acids is 2. The van der Waals surface area contributed by atoms with E-state index in [4.69, 9.17) is 9.47 Å². The van der Waals surface area contributed by atoms with Crippen molar-refractivity contribution in [1.82, 2.24) is 4.90 Å². The third kappa shape index (κ3) is 5.00. The molecule has 3 rings (SSSR count). The van der Waals surface area contributed by atoms with Crippen molar-refractivity contribution >= 4 is 23.5 Å². The molecule has 6 heteroatoms. The van der Waals surface area contributed by atoms with E-state index in [9.17, 15) is 9.59 Å². The van der Waals surface area contributed by atoms with E-state index in [1.165, 1.54) is 6.92 Å². The second-order valence-corrected chi connectivity index (χ2v) is 8.61. The standard InChI is InChI=1S/C23H27NO4S/c1-15(25)28-22-21(26)19(13-14-24(2)3)18-7-5-6-8-20(18)29-23(22)16-9-11-17(27-4)12-10-16/h5-12,19,22-23H,13-14H2,1-4H3/t19?,22-,23-/m0/s1. The normalized spacial score (nSPS) is 21.4. The van der Waals surface area contributed by atoms with Gasteiger partial charge in [-0.2, -0.15) is 0 Å². The smallest absolute Gasteiger partial charge is 0.303 e. The van der Waals surface area contributed by atoms with E-state index in [1.807, 2.05) is 62.6 Å². The van der Waals surface area contributed by atoms with Crippen molar-refractivity contribution in [3.05, 3.63) is 59.7 Å². The molecule has 1 unspecified atom stereocenters. The maximum atomic E-state index is 13.6. The Hall–Kier alpha value is -2.31. The summed E-state index contributed by atoms with van der Waals surface area (Å²) >= 11 is 1.58. The zero-order chi connectivity index (χ0) is 21.0. The van der Waals surface area contributed by atoms with Gasteiger partial charge in [-0.3, -0.25) is 9.59 Å². The molecule has 0 aliphatic carbocycles. The Bertz CT molecular complexity index is 865. The van der Waals surface area contributed by atoms with Crippen LogP contribution in [0.2, 0.25) is 0 Å². The van der Waals surface area contributed by atoms with Crippen LogP contribution in [0.4, 0.5) is 0 Å². The van der Waals surface area contributed by atoms with Crippen molar-refractivity contribution in [2.75, 3.05) is 27.7 Å². The van der Waals surface area contributed by atoms with E-state index in [2.05, 4.69) is 4.90 Å². The second kappa shape index (κ2) is 9.46. The van der Waals surface area contributed by atoms with E-state index in [-0.39, 0.29) is 17.0 Å². The van der Waals surface area contributed by atoms with E-state index >= 15 is 0 Å². The van der Waals surface area contributed by atoms with Crippen molar-refractivity contribution in [1.29, 1.82) is 0 Å². The SMILES string of the molecule is COc1ccc([C@@H]2Sc3ccccc3C(CCN(C)C)C(=O)[C@@H]2OC(C)=O)cc1. The van der Waals surface area contributed by atoms with E-state index in [0.29, 0.717) is 6.42 Å². The van der Waals surface area contributed by atoms with Gasteiger partial charge in [-0.15, -0.1) is 11.8 Å². The number of esters is 1. The highest BCUT2D eigenvalue weighted by atomic mass is 32.2. The van der Waals surface area contributed by atoms with Crippen molar-refractivity contribution in [3.8, 4) is 5.75 Å². The molecule has 0 amide bonds. The highest BCUT2D eigenvalue weighted by molar-refractivity contribution is 7.99. The first kappa shape index (κ1) is 21.4. The van der Waals surface area contributed by atoms with Crippen LogP contribution in [0.15, 0.2) is 53.4 Å². The van der Waals surface area contributed by atoms with Gasteiger partial charge in [-0.05, 0) is 56.4 Å². The Morgan fingerprint density at radius 3 is 2.41 bits per heavy atom. The molecule has 0 aromatic heterocycles. The number of hydrogen-bond acceptors (Lipinski definition) is 6. The summed E-state index contributed by atoms with van der Waals surface area (Å²) in [6, 6.07) is 15.6. The maximum Gasteiger partial charge on any atom is 0.303 e. The number of hydrogen-bond donors (Lipinski definition) is 0. The average molecular weight is 414 g/mol. The summed E-state index contributed by atoms with van der Waals surface area (Å²) in [7, 11) is 5.60. The van der Waals surface area contributed by atoms with Gasteiger partial charge in [0.1, 0.15) is 5.75 Å². The first-order valence-corrected chi connectivity index (χ1v) is 10.5. The largest absolute Gasteiger partial charge is 0.497 e. The van der Waals surface area contributed by atoms with Crippen molar-refractivity contribution in [2.24, 2.45) is 0 Å².